The molecule has 20 heavy (non-hydrogen) atoms. The molecule has 0 saturated heterocycles. The van der Waals surface area contributed by atoms with Gasteiger partial charge >= 0.3 is 0 Å². The highest BCUT2D eigenvalue weighted by Crippen LogP contribution is 2.50. The maximum Gasteiger partial charge on any atom is 0.240 e. The van der Waals surface area contributed by atoms with Gasteiger partial charge in [0.2, 0.25) is 5.91 Å². The highest BCUT2D eigenvalue weighted by molar-refractivity contribution is 6.17. The number of carbonyl (C=O) groups is 2. The van der Waals surface area contributed by atoms with Crippen LogP contribution in [0.1, 0.15) is 33.5 Å². The monoisotopic (exact) mass is 263 g/mol. The van der Waals surface area contributed by atoms with Gasteiger partial charge in [0.05, 0.1) is 0 Å². The van der Waals surface area contributed by atoms with E-state index in [1.165, 1.54) is 0 Å². The van der Waals surface area contributed by atoms with Gasteiger partial charge in [0.15, 0.2) is 5.78 Å². The Morgan fingerprint density at radius 3 is 2.70 bits per heavy atom. The predicted octanol–water partition coefficient (Wildman–Crippen LogP) is 2.82. The van der Waals surface area contributed by atoms with Gasteiger partial charge in [-0.3, -0.25) is 9.59 Å². The van der Waals surface area contributed by atoms with Crippen molar-refractivity contribution in [1.82, 2.24) is 0 Å². The Morgan fingerprint density at radius 2 is 1.85 bits per heavy atom. The van der Waals surface area contributed by atoms with E-state index >= 15 is 0 Å². The molecule has 1 heterocycles. The van der Waals surface area contributed by atoms with Gasteiger partial charge in [0, 0.05) is 17.7 Å². The molecule has 3 heteroatoms. The van der Waals surface area contributed by atoms with Crippen molar-refractivity contribution in [3.8, 4) is 0 Å². The summed E-state index contributed by atoms with van der Waals surface area (Å²) in [5.74, 6) is -0.0368. The normalized spacial score (nSPS) is 22.9. The summed E-state index contributed by atoms with van der Waals surface area (Å²) in [6.45, 7) is 1.96. The number of ketones is 1. The number of carbonyl (C=O) groups excluding carboxylic acids is 2. The molecule has 1 spiro atoms. The van der Waals surface area contributed by atoms with Crippen LogP contribution in [0.25, 0.3) is 0 Å². The topological polar surface area (TPSA) is 46.2 Å². The van der Waals surface area contributed by atoms with E-state index < -0.39 is 5.41 Å². The van der Waals surface area contributed by atoms with E-state index in [1.807, 2.05) is 49.4 Å². The Morgan fingerprint density at radius 1 is 1.05 bits per heavy atom. The van der Waals surface area contributed by atoms with Gasteiger partial charge in [-0.1, -0.05) is 35.9 Å². The molecule has 0 aromatic heterocycles. The van der Waals surface area contributed by atoms with Gasteiger partial charge in [-0.05, 0) is 30.2 Å². The SMILES string of the molecule is Cc1ccc2c(c1)C(=O)CC21C(=O)Nc2ccccc21. The van der Waals surface area contributed by atoms with Crippen LogP contribution in [0.15, 0.2) is 42.5 Å². The Kier molecular flexibility index (Phi) is 2.04. The molecule has 1 N–H and O–H groups in total. The maximum absolute atomic E-state index is 12.6. The number of anilines is 1. The third-order valence-corrected chi connectivity index (χ3v) is 4.38. The number of fused-ring (bicyclic) bond motifs is 4. The van der Waals surface area contributed by atoms with Crippen molar-refractivity contribution in [2.75, 3.05) is 5.32 Å². The Hall–Kier alpha value is -2.42. The quantitative estimate of drug-likeness (QED) is 0.794. The molecule has 0 saturated carbocycles. The minimum Gasteiger partial charge on any atom is -0.325 e. The van der Waals surface area contributed by atoms with Crippen molar-refractivity contribution >= 4 is 17.4 Å². The van der Waals surface area contributed by atoms with Gasteiger partial charge in [0.1, 0.15) is 5.41 Å². The van der Waals surface area contributed by atoms with Crippen LogP contribution in [-0.2, 0) is 10.2 Å². The lowest BCUT2D eigenvalue weighted by Gasteiger charge is -2.22. The van der Waals surface area contributed by atoms with Crippen LogP contribution < -0.4 is 5.32 Å². The van der Waals surface area contributed by atoms with Crippen LogP contribution in [0.5, 0.6) is 0 Å². The molecule has 1 aliphatic heterocycles. The van der Waals surface area contributed by atoms with Crippen molar-refractivity contribution in [2.24, 2.45) is 0 Å². The van der Waals surface area contributed by atoms with E-state index in [0.717, 1.165) is 22.4 Å². The zero-order chi connectivity index (χ0) is 13.9. The standard InChI is InChI=1S/C17H13NO2/c1-10-6-7-12-11(8-10)15(19)9-17(12)13-4-2-3-5-14(13)18-16(17)20/h2-8H,9H2,1H3,(H,18,20). The van der Waals surface area contributed by atoms with Crippen LogP contribution in [0.2, 0.25) is 0 Å². The van der Waals surface area contributed by atoms with E-state index in [4.69, 9.17) is 0 Å². The summed E-state index contributed by atoms with van der Waals surface area (Å²) in [6, 6.07) is 13.4. The molecule has 2 aliphatic rings. The molecule has 0 fully saturated rings. The fourth-order valence-electron chi connectivity index (χ4n) is 3.45. The predicted molar refractivity (Wildman–Crippen MR) is 76.0 cm³/mol. The van der Waals surface area contributed by atoms with Gasteiger partial charge in [-0.15, -0.1) is 0 Å². The summed E-state index contributed by atoms with van der Waals surface area (Å²) in [4.78, 5) is 24.9. The molecule has 1 amide bonds. The number of nitrogens with one attached hydrogen (secondary N) is 1. The van der Waals surface area contributed by atoms with E-state index in [-0.39, 0.29) is 18.1 Å². The molecule has 4 rings (SSSR count). The van der Waals surface area contributed by atoms with Crippen LogP contribution in [-0.4, -0.2) is 11.7 Å². The van der Waals surface area contributed by atoms with E-state index in [2.05, 4.69) is 5.32 Å². The zero-order valence-electron chi connectivity index (χ0n) is 11.1. The van der Waals surface area contributed by atoms with Crippen LogP contribution in [0, 0.1) is 6.92 Å². The number of rotatable bonds is 0. The van der Waals surface area contributed by atoms with Gasteiger partial charge < -0.3 is 5.32 Å². The number of para-hydroxylation sites is 1. The van der Waals surface area contributed by atoms with Gasteiger partial charge in [-0.2, -0.15) is 0 Å². The van der Waals surface area contributed by atoms with Crippen LogP contribution >= 0.6 is 0 Å². The molecule has 0 radical (unpaired) electrons. The first kappa shape index (κ1) is 11.4. The third kappa shape index (κ3) is 1.20. The minimum absolute atomic E-state index is 0.0514. The Bertz CT molecular complexity index is 778. The summed E-state index contributed by atoms with van der Waals surface area (Å²) in [6.07, 6.45) is 0.231. The number of benzene rings is 2. The first-order valence-corrected chi connectivity index (χ1v) is 6.68. The number of hydrogen-bond donors (Lipinski definition) is 1. The highest BCUT2D eigenvalue weighted by atomic mass is 16.2. The van der Waals surface area contributed by atoms with Crippen molar-refractivity contribution < 1.29 is 9.59 Å². The van der Waals surface area contributed by atoms with E-state index in [1.54, 1.807) is 0 Å². The second-order valence-corrected chi connectivity index (χ2v) is 5.55. The second-order valence-electron chi connectivity index (χ2n) is 5.55. The third-order valence-electron chi connectivity index (χ3n) is 4.38. The maximum atomic E-state index is 12.6. The molecule has 98 valence electrons. The lowest BCUT2D eigenvalue weighted by Crippen LogP contribution is -2.33. The van der Waals surface area contributed by atoms with Crippen LogP contribution in [0.4, 0.5) is 5.69 Å². The molecule has 2 aromatic rings. The molecule has 1 unspecified atom stereocenters. The highest BCUT2D eigenvalue weighted by Gasteiger charge is 2.54. The van der Waals surface area contributed by atoms with Crippen molar-refractivity contribution in [3.05, 3.63) is 64.7 Å². The van der Waals surface area contributed by atoms with Crippen molar-refractivity contribution in [1.29, 1.82) is 0 Å². The first-order valence-electron chi connectivity index (χ1n) is 6.68. The van der Waals surface area contributed by atoms with Gasteiger partial charge in [0.25, 0.3) is 0 Å². The number of Topliss-reactive ketones (excluding diaryl/α,β-unsaturated/α-hetero) is 1. The fourth-order valence-corrected chi connectivity index (χ4v) is 3.45. The first-order chi connectivity index (χ1) is 9.63. The number of hydrogen-bond acceptors (Lipinski definition) is 2. The molecule has 0 bridgehead atoms. The fraction of sp³-hybridized carbons (Fsp3) is 0.176. The molecule has 2 aromatic carbocycles. The van der Waals surface area contributed by atoms with Crippen LogP contribution in [0.3, 0.4) is 0 Å². The molecular weight excluding hydrogens is 250 g/mol. The molecule has 3 nitrogen and oxygen atoms in total. The summed E-state index contributed by atoms with van der Waals surface area (Å²) in [5, 5.41) is 2.92. The lowest BCUT2D eigenvalue weighted by molar-refractivity contribution is -0.119. The van der Waals surface area contributed by atoms with E-state index in [9.17, 15) is 9.59 Å². The average Bonchev–Trinajstić information content (AvgIpc) is 2.88. The van der Waals surface area contributed by atoms with Gasteiger partial charge in [-0.25, -0.2) is 0 Å². The molecule has 1 atom stereocenters. The Balaban J connectivity index is 2.05. The molecule has 1 aliphatic carbocycles. The molecular formula is C17H13NO2. The largest absolute Gasteiger partial charge is 0.325 e. The summed E-state index contributed by atoms with van der Waals surface area (Å²) in [7, 11) is 0. The van der Waals surface area contributed by atoms with Crippen molar-refractivity contribution in [2.45, 2.75) is 18.8 Å². The summed E-state index contributed by atoms with van der Waals surface area (Å²) >= 11 is 0. The average molecular weight is 263 g/mol. The lowest BCUT2D eigenvalue weighted by atomic mass is 9.76. The zero-order valence-corrected chi connectivity index (χ0v) is 11.1. The number of aryl methyl sites for hydroxylation is 1. The number of amides is 1. The second kappa shape index (κ2) is 3.57. The summed E-state index contributed by atoms with van der Waals surface area (Å²) in [5.41, 5.74) is 3.49. The summed E-state index contributed by atoms with van der Waals surface area (Å²) < 4.78 is 0. The minimum atomic E-state index is -0.823. The Labute approximate surface area is 116 Å². The van der Waals surface area contributed by atoms with E-state index in [0.29, 0.717) is 5.56 Å². The smallest absolute Gasteiger partial charge is 0.240 e. The van der Waals surface area contributed by atoms with Crippen molar-refractivity contribution in [3.63, 3.8) is 0 Å².